The van der Waals surface area contributed by atoms with Crippen LogP contribution in [0.5, 0.6) is 0 Å². The zero-order chi connectivity index (χ0) is 14.2. The lowest BCUT2D eigenvalue weighted by molar-refractivity contribution is 0.0557. The molecule has 2 rings (SSSR count). The van der Waals surface area contributed by atoms with Crippen molar-refractivity contribution in [2.24, 2.45) is 0 Å². The summed E-state index contributed by atoms with van der Waals surface area (Å²) in [7, 11) is 2.31. The molecule has 0 bridgehead atoms. The number of nitrogens with zero attached hydrogens (tertiary/aromatic N) is 1. The molecule has 1 N–H and O–H groups in total. The van der Waals surface area contributed by atoms with Gasteiger partial charge < -0.3 is 10.1 Å². The van der Waals surface area contributed by atoms with Gasteiger partial charge in [0.05, 0.1) is 6.10 Å². The van der Waals surface area contributed by atoms with E-state index in [1.165, 1.54) is 57.8 Å². The van der Waals surface area contributed by atoms with Crippen LogP contribution in [0.2, 0.25) is 0 Å². The first kappa shape index (κ1) is 16.3. The SMILES string of the molecule is CCCNC1CCCCCCC1N(C)CC1CCCO1. The van der Waals surface area contributed by atoms with E-state index in [1.54, 1.807) is 0 Å². The lowest BCUT2D eigenvalue weighted by atomic mass is 9.91. The quantitative estimate of drug-likeness (QED) is 0.810. The standard InChI is InChI=1S/C17H34N2O/c1-3-12-18-16-10-6-4-5-7-11-17(16)19(2)14-15-9-8-13-20-15/h15-18H,3-14H2,1-2H3. The van der Waals surface area contributed by atoms with E-state index >= 15 is 0 Å². The molecule has 2 aliphatic rings. The molecule has 1 saturated carbocycles. The van der Waals surface area contributed by atoms with E-state index in [4.69, 9.17) is 4.74 Å². The van der Waals surface area contributed by atoms with Crippen LogP contribution in [0.25, 0.3) is 0 Å². The highest BCUT2D eigenvalue weighted by Gasteiger charge is 2.28. The zero-order valence-corrected chi connectivity index (χ0v) is 13.6. The Morgan fingerprint density at radius 2 is 1.85 bits per heavy atom. The Labute approximate surface area is 125 Å². The van der Waals surface area contributed by atoms with E-state index in [2.05, 4.69) is 24.2 Å². The smallest absolute Gasteiger partial charge is 0.0702 e. The molecule has 0 radical (unpaired) electrons. The molecule has 3 nitrogen and oxygen atoms in total. The van der Waals surface area contributed by atoms with E-state index in [0.717, 1.165) is 19.7 Å². The average molecular weight is 282 g/mol. The highest BCUT2D eigenvalue weighted by atomic mass is 16.5. The molecule has 0 aromatic rings. The molecule has 1 aliphatic carbocycles. The van der Waals surface area contributed by atoms with Crippen LogP contribution in [-0.4, -0.2) is 49.8 Å². The Kier molecular flexibility index (Phi) is 7.32. The number of nitrogens with one attached hydrogen (secondary N) is 1. The summed E-state index contributed by atoms with van der Waals surface area (Å²) in [5.74, 6) is 0. The van der Waals surface area contributed by atoms with Crippen molar-refractivity contribution in [3.63, 3.8) is 0 Å². The van der Waals surface area contributed by atoms with Crippen molar-refractivity contribution < 1.29 is 4.74 Å². The van der Waals surface area contributed by atoms with E-state index in [-0.39, 0.29) is 0 Å². The predicted molar refractivity (Wildman–Crippen MR) is 85.2 cm³/mol. The number of hydrogen-bond donors (Lipinski definition) is 1. The molecular weight excluding hydrogens is 248 g/mol. The molecule has 20 heavy (non-hydrogen) atoms. The summed E-state index contributed by atoms with van der Waals surface area (Å²) in [6.07, 6.45) is 12.6. The fourth-order valence-corrected chi connectivity index (χ4v) is 3.81. The number of rotatable bonds is 6. The first-order valence-corrected chi connectivity index (χ1v) is 8.86. The molecule has 0 amide bonds. The maximum atomic E-state index is 5.82. The van der Waals surface area contributed by atoms with Crippen LogP contribution in [0.4, 0.5) is 0 Å². The molecule has 1 saturated heterocycles. The van der Waals surface area contributed by atoms with Gasteiger partial charge in [-0.1, -0.05) is 32.6 Å². The van der Waals surface area contributed by atoms with Crippen LogP contribution in [-0.2, 0) is 4.74 Å². The van der Waals surface area contributed by atoms with E-state index in [0.29, 0.717) is 18.2 Å². The molecular formula is C17H34N2O. The van der Waals surface area contributed by atoms with Crippen LogP contribution < -0.4 is 5.32 Å². The third-order valence-corrected chi connectivity index (χ3v) is 4.97. The number of hydrogen-bond acceptors (Lipinski definition) is 3. The lowest BCUT2D eigenvalue weighted by Gasteiger charge is -2.37. The molecule has 0 spiro atoms. The Hall–Kier alpha value is -0.120. The topological polar surface area (TPSA) is 24.5 Å². The normalized spacial score (nSPS) is 32.2. The van der Waals surface area contributed by atoms with Gasteiger partial charge in [-0.15, -0.1) is 0 Å². The van der Waals surface area contributed by atoms with Crippen molar-refractivity contribution in [3.8, 4) is 0 Å². The second-order valence-corrected chi connectivity index (χ2v) is 6.69. The number of ether oxygens (including phenoxy) is 1. The third-order valence-electron chi connectivity index (χ3n) is 4.97. The summed E-state index contributed by atoms with van der Waals surface area (Å²) in [4.78, 5) is 2.59. The van der Waals surface area contributed by atoms with Gasteiger partial charge >= 0.3 is 0 Å². The predicted octanol–water partition coefficient (Wildman–Crippen LogP) is 3.19. The van der Waals surface area contributed by atoms with Crippen LogP contribution in [0.3, 0.4) is 0 Å². The largest absolute Gasteiger partial charge is 0.377 e. The van der Waals surface area contributed by atoms with Crippen LogP contribution in [0.1, 0.15) is 64.7 Å². The summed E-state index contributed by atoms with van der Waals surface area (Å²) in [5.41, 5.74) is 0. The second-order valence-electron chi connectivity index (χ2n) is 6.69. The second kappa shape index (κ2) is 9.01. The molecule has 3 unspecified atom stereocenters. The first-order chi connectivity index (χ1) is 9.81. The molecule has 2 fully saturated rings. The molecule has 1 aliphatic heterocycles. The lowest BCUT2D eigenvalue weighted by Crippen LogP contribution is -2.51. The van der Waals surface area contributed by atoms with Crippen LogP contribution in [0.15, 0.2) is 0 Å². The third kappa shape index (κ3) is 5.01. The Morgan fingerprint density at radius 3 is 2.55 bits per heavy atom. The summed E-state index contributed by atoms with van der Waals surface area (Å²) >= 11 is 0. The van der Waals surface area contributed by atoms with Gasteiger partial charge in [-0.3, -0.25) is 4.90 Å². The fourth-order valence-electron chi connectivity index (χ4n) is 3.81. The number of likely N-dealkylation sites (N-methyl/N-ethyl adjacent to an activating group) is 1. The zero-order valence-electron chi connectivity index (χ0n) is 13.6. The first-order valence-electron chi connectivity index (χ1n) is 8.86. The molecule has 0 aromatic carbocycles. The van der Waals surface area contributed by atoms with Crippen LogP contribution >= 0.6 is 0 Å². The monoisotopic (exact) mass is 282 g/mol. The van der Waals surface area contributed by atoms with E-state index in [1.807, 2.05) is 0 Å². The molecule has 3 heteroatoms. The van der Waals surface area contributed by atoms with Crippen molar-refractivity contribution in [2.45, 2.75) is 82.9 Å². The minimum Gasteiger partial charge on any atom is -0.377 e. The van der Waals surface area contributed by atoms with Gasteiger partial charge in [-0.25, -0.2) is 0 Å². The van der Waals surface area contributed by atoms with Crippen molar-refractivity contribution in [1.29, 1.82) is 0 Å². The summed E-state index contributed by atoms with van der Waals surface area (Å²) < 4.78 is 5.82. The van der Waals surface area contributed by atoms with Gasteiger partial charge in [0.2, 0.25) is 0 Å². The maximum absolute atomic E-state index is 5.82. The summed E-state index contributed by atoms with van der Waals surface area (Å²) in [6, 6.07) is 1.38. The molecule has 3 atom stereocenters. The van der Waals surface area contributed by atoms with Crippen LogP contribution in [0, 0.1) is 0 Å². The Morgan fingerprint density at radius 1 is 1.05 bits per heavy atom. The Balaban J connectivity index is 1.89. The van der Waals surface area contributed by atoms with E-state index < -0.39 is 0 Å². The van der Waals surface area contributed by atoms with Crippen molar-refractivity contribution in [3.05, 3.63) is 0 Å². The summed E-state index contributed by atoms with van der Waals surface area (Å²) in [6.45, 7) is 5.52. The Bertz CT molecular complexity index is 251. The van der Waals surface area contributed by atoms with Crippen molar-refractivity contribution in [2.75, 3.05) is 26.7 Å². The summed E-state index contributed by atoms with van der Waals surface area (Å²) in [5, 5.41) is 3.81. The highest BCUT2D eigenvalue weighted by Crippen LogP contribution is 2.23. The van der Waals surface area contributed by atoms with Gasteiger partial charge in [0.1, 0.15) is 0 Å². The van der Waals surface area contributed by atoms with E-state index in [9.17, 15) is 0 Å². The highest BCUT2D eigenvalue weighted by molar-refractivity contribution is 4.86. The fraction of sp³-hybridized carbons (Fsp3) is 1.00. The minimum atomic E-state index is 0.484. The molecule has 1 heterocycles. The average Bonchev–Trinajstić information content (AvgIpc) is 2.90. The van der Waals surface area contributed by atoms with Gasteiger partial charge in [0.25, 0.3) is 0 Å². The minimum absolute atomic E-state index is 0.484. The van der Waals surface area contributed by atoms with Gasteiger partial charge in [-0.2, -0.15) is 0 Å². The van der Waals surface area contributed by atoms with Gasteiger partial charge in [0, 0.05) is 25.2 Å². The molecule has 118 valence electrons. The van der Waals surface area contributed by atoms with Crippen molar-refractivity contribution >= 4 is 0 Å². The van der Waals surface area contributed by atoms with Crippen molar-refractivity contribution in [1.82, 2.24) is 10.2 Å². The maximum Gasteiger partial charge on any atom is 0.0702 e. The van der Waals surface area contributed by atoms with Gasteiger partial charge in [-0.05, 0) is 45.7 Å². The van der Waals surface area contributed by atoms with Gasteiger partial charge in [0.15, 0.2) is 0 Å². The molecule has 0 aromatic heterocycles.